The lowest BCUT2D eigenvalue weighted by atomic mass is 9.98. The molecule has 2 aromatic rings. The van der Waals surface area contributed by atoms with E-state index >= 15 is 0 Å². The second-order valence-corrected chi connectivity index (χ2v) is 5.45. The van der Waals surface area contributed by atoms with E-state index in [1.54, 1.807) is 31.4 Å². The molecule has 1 N–H and O–H groups in total. The summed E-state index contributed by atoms with van der Waals surface area (Å²) in [5.41, 5.74) is 2.02. The number of benzene rings is 2. The van der Waals surface area contributed by atoms with Crippen LogP contribution in [-0.2, 0) is 5.41 Å². The van der Waals surface area contributed by atoms with Gasteiger partial charge in [-0.3, -0.25) is 4.79 Å². The van der Waals surface area contributed by atoms with Crippen LogP contribution in [0.4, 0.5) is 5.69 Å². The van der Waals surface area contributed by atoms with Crippen molar-refractivity contribution in [1.29, 1.82) is 5.26 Å². The van der Waals surface area contributed by atoms with Gasteiger partial charge in [0.05, 0.1) is 18.6 Å². The van der Waals surface area contributed by atoms with Crippen LogP contribution in [0.1, 0.15) is 28.8 Å². The predicted molar refractivity (Wildman–Crippen MR) is 83.9 cm³/mol. The van der Waals surface area contributed by atoms with Crippen LogP contribution in [0.5, 0.6) is 5.75 Å². The summed E-state index contributed by atoms with van der Waals surface area (Å²) < 4.78 is 5.07. The number of nitrogens with one attached hydrogen (secondary N) is 1. The van der Waals surface area contributed by atoms with Crippen molar-refractivity contribution in [1.82, 2.24) is 0 Å². The normalized spacial score (nSPS) is 14.7. The molecule has 0 aromatic heterocycles. The van der Waals surface area contributed by atoms with Gasteiger partial charge in [0, 0.05) is 11.3 Å². The Morgan fingerprint density at radius 3 is 2.27 bits per heavy atom. The van der Waals surface area contributed by atoms with E-state index < -0.39 is 0 Å². The molecule has 0 unspecified atom stereocenters. The van der Waals surface area contributed by atoms with Crippen LogP contribution in [0.25, 0.3) is 0 Å². The zero-order valence-corrected chi connectivity index (χ0v) is 12.3. The molecule has 0 saturated heterocycles. The second kappa shape index (κ2) is 5.53. The van der Waals surface area contributed by atoms with Gasteiger partial charge in [0.2, 0.25) is 0 Å². The topological polar surface area (TPSA) is 62.1 Å². The number of rotatable bonds is 4. The minimum atomic E-state index is -0.293. The quantitative estimate of drug-likeness (QED) is 0.938. The number of carbonyl (C=O) groups is 1. The van der Waals surface area contributed by atoms with Gasteiger partial charge in [-0.05, 0) is 54.8 Å². The fourth-order valence-corrected chi connectivity index (χ4v) is 2.41. The lowest BCUT2D eigenvalue weighted by Gasteiger charge is -2.09. The molecule has 0 bridgehead atoms. The number of ether oxygens (including phenoxy) is 1. The first-order chi connectivity index (χ1) is 10.7. The molecule has 2 aromatic carbocycles. The Morgan fingerprint density at radius 2 is 1.77 bits per heavy atom. The van der Waals surface area contributed by atoms with Gasteiger partial charge in [0.25, 0.3) is 5.91 Å². The summed E-state index contributed by atoms with van der Waals surface area (Å²) in [6.07, 6.45) is 1.84. The number of amides is 1. The van der Waals surface area contributed by atoms with Crippen molar-refractivity contribution in [2.24, 2.45) is 0 Å². The zero-order valence-electron chi connectivity index (χ0n) is 12.3. The molecule has 0 heterocycles. The number of carbonyl (C=O) groups excluding carboxylic acids is 1. The van der Waals surface area contributed by atoms with Crippen LogP contribution < -0.4 is 10.1 Å². The van der Waals surface area contributed by atoms with E-state index in [0.717, 1.165) is 24.1 Å². The van der Waals surface area contributed by atoms with Gasteiger partial charge in [0.1, 0.15) is 5.75 Å². The summed E-state index contributed by atoms with van der Waals surface area (Å²) in [6, 6.07) is 16.8. The molecule has 1 amide bonds. The predicted octanol–water partition coefficient (Wildman–Crippen LogP) is 3.50. The molecule has 0 atom stereocenters. The lowest BCUT2D eigenvalue weighted by Crippen LogP contribution is -2.12. The van der Waals surface area contributed by atoms with Crippen molar-refractivity contribution in [3.63, 3.8) is 0 Å². The molecule has 4 heteroatoms. The highest BCUT2D eigenvalue weighted by Gasteiger charge is 2.44. The van der Waals surface area contributed by atoms with E-state index in [2.05, 4.69) is 11.4 Å². The molecule has 0 spiro atoms. The summed E-state index contributed by atoms with van der Waals surface area (Å²) in [7, 11) is 1.59. The van der Waals surface area contributed by atoms with Gasteiger partial charge in [0.15, 0.2) is 0 Å². The van der Waals surface area contributed by atoms with Gasteiger partial charge >= 0.3 is 0 Å². The standard InChI is InChI=1S/C18H16N2O2/c1-22-16-8-2-13(3-9-16)17(21)20-15-6-4-14(5-7-15)18(12-19)10-11-18/h2-9H,10-11H2,1H3,(H,20,21). The maximum atomic E-state index is 12.2. The lowest BCUT2D eigenvalue weighted by molar-refractivity contribution is 0.102. The van der Waals surface area contributed by atoms with Gasteiger partial charge < -0.3 is 10.1 Å². The molecule has 0 aliphatic heterocycles. The third-order valence-electron chi connectivity index (χ3n) is 4.01. The number of anilines is 1. The van der Waals surface area contributed by atoms with Crippen molar-refractivity contribution in [3.8, 4) is 11.8 Å². The van der Waals surface area contributed by atoms with Crippen LogP contribution in [0, 0.1) is 11.3 Å². The maximum absolute atomic E-state index is 12.2. The first-order valence-electron chi connectivity index (χ1n) is 7.14. The van der Waals surface area contributed by atoms with Gasteiger partial charge in [-0.25, -0.2) is 0 Å². The third-order valence-corrected chi connectivity index (χ3v) is 4.01. The van der Waals surface area contributed by atoms with E-state index in [-0.39, 0.29) is 11.3 Å². The molecule has 3 rings (SSSR count). The van der Waals surface area contributed by atoms with Gasteiger partial charge in [-0.2, -0.15) is 5.26 Å². The van der Waals surface area contributed by atoms with E-state index in [1.807, 2.05) is 24.3 Å². The summed E-state index contributed by atoms with van der Waals surface area (Å²) in [5, 5.41) is 12.0. The fraction of sp³-hybridized carbons (Fsp3) is 0.222. The molecule has 1 saturated carbocycles. The van der Waals surface area contributed by atoms with Crippen LogP contribution in [0.15, 0.2) is 48.5 Å². The van der Waals surface area contributed by atoms with E-state index in [1.165, 1.54) is 0 Å². The highest BCUT2D eigenvalue weighted by Crippen LogP contribution is 2.47. The summed E-state index contributed by atoms with van der Waals surface area (Å²) in [6.45, 7) is 0. The molecule has 1 aliphatic rings. The van der Waals surface area contributed by atoms with E-state index in [0.29, 0.717) is 11.3 Å². The SMILES string of the molecule is COc1ccc(C(=O)Nc2ccc(C3(C#N)CC3)cc2)cc1. The zero-order chi connectivity index (χ0) is 15.6. The van der Waals surface area contributed by atoms with Crippen molar-refractivity contribution in [3.05, 3.63) is 59.7 Å². The monoisotopic (exact) mass is 292 g/mol. The largest absolute Gasteiger partial charge is 0.497 e. The van der Waals surface area contributed by atoms with Crippen LogP contribution in [-0.4, -0.2) is 13.0 Å². The highest BCUT2D eigenvalue weighted by atomic mass is 16.5. The number of nitriles is 1. The van der Waals surface area contributed by atoms with Crippen molar-refractivity contribution < 1.29 is 9.53 Å². The molecule has 22 heavy (non-hydrogen) atoms. The molecule has 1 aliphatic carbocycles. The van der Waals surface area contributed by atoms with Crippen molar-refractivity contribution >= 4 is 11.6 Å². The number of nitrogens with zero attached hydrogens (tertiary/aromatic N) is 1. The molecular weight excluding hydrogens is 276 g/mol. The smallest absolute Gasteiger partial charge is 0.255 e. The summed E-state index contributed by atoms with van der Waals surface area (Å²) in [5.74, 6) is 0.545. The Kier molecular flexibility index (Phi) is 3.56. The van der Waals surface area contributed by atoms with Gasteiger partial charge in [-0.1, -0.05) is 12.1 Å². The Labute approximate surface area is 129 Å². The van der Waals surface area contributed by atoms with E-state index in [9.17, 15) is 10.1 Å². The van der Waals surface area contributed by atoms with Crippen molar-refractivity contribution in [2.45, 2.75) is 18.3 Å². The highest BCUT2D eigenvalue weighted by molar-refractivity contribution is 6.04. The van der Waals surface area contributed by atoms with Crippen molar-refractivity contribution in [2.75, 3.05) is 12.4 Å². The van der Waals surface area contributed by atoms with Gasteiger partial charge in [-0.15, -0.1) is 0 Å². The molecule has 1 fully saturated rings. The number of hydrogen-bond acceptors (Lipinski definition) is 3. The Balaban J connectivity index is 1.70. The second-order valence-electron chi connectivity index (χ2n) is 5.45. The Morgan fingerprint density at radius 1 is 1.14 bits per heavy atom. The Bertz CT molecular complexity index is 723. The molecule has 0 radical (unpaired) electrons. The fourth-order valence-electron chi connectivity index (χ4n) is 2.41. The molecule has 110 valence electrons. The summed E-state index contributed by atoms with van der Waals surface area (Å²) in [4.78, 5) is 12.2. The number of methoxy groups -OCH3 is 1. The first kappa shape index (κ1) is 14.2. The van der Waals surface area contributed by atoms with Crippen LogP contribution in [0.2, 0.25) is 0 Å². The first-order valence-corrected chi connectivity index (χ1v) is 7.14. The molecule has 4 nitrogen and oxygen atoms in total. The van der Waals surface area contributed by atoms with E-state index in [4.69, 9.17) is 4.74 Å². The Hall–Kier alpha value is -2.80. The minimum Gasteiger partial charge on any atom is -0.497 e. The average molecular weight is 292 g/mol. The maximum Gasteiger partial charge on any atom is 0.255 e. The van der Waals surface area contributed by atoms with Crippen LogP contribution >= 0.6 is 0 Å². The van der Waals surface area contributed by atoms with Crippen LogP contribution in [0.3, 0.4) is 0 Å². The number of hydrogen-bond donors (Lipinski definition) is 1. The average Bonchev–Trinajstić information content (AvgIpc) is 3.37. The molecular formula is C18H16N2O2. The minimum absolute atomic E-state index is 0.170. The third kappa shape index (κ3) is 2.66. The summed E-state index contributed by atoms with van der Waals surface area (Å²) >= 11 is 0.